The van der Waals surface area contributed by atoms with Crippen molar-refractivity contribution in [1.82, 2.24) is 0 Å². The van der Waals surface area contributed by atoms with E-state index in [0.29, 0.717) is 0 Å². The van der Waals surface area contributed by atoms with E-state index in [2.05, 4.69) is 32.0 Å². The molecule has 1 heteroatoms. The van der Waals surface area contributed by atoms with E-state index in [9.17, 15) is 0 Å². The summed E-state index contributed by atoms with van der Waals surface area (Å²) in [5.74, 6) is 1.56. The van der Waals surface area contributed by atoms with Crippen molar-refractivity contribution >= 4 is 0 Å². The Hall–Kier alpha value is -0.820. The third-order valence-corrected chi connectivity index (χ3v) is 3.44. The van der Waals surface area contributed by atoms with Crippen LogP contribution in [0.5, 0.6) is 0 Å². The number of aryl methyl sites for hydroxylation is 2. The molecule has 1 aliphatic rings. The van der Waals surface area contributed by atoms with Crippen LogP contribution in [0.25, 0.3) is 0 Å². The third kappa shape index (κ3) is 1.69. The SMILES string of the molecule is Cc1ccc(C)c(C2CC(CN)C2)c1. The van der Waals surface area contributed by atoms with Gasteiger partial charge in [-0.3, -0.25) is 0 Å². The summed E-state index contributed by atoms with van der Waals surface area (Å²) < 4.78 is 0. The van der Waals surface area contributed by atoms with Gasteiger partial charge in [0.15, 0.2) is 0 Å². The molecule has 0 bridgehead atoms. The highest BCUT2D eigenvalue weighted by Crippen LogP contribution is 2.42. The standard InChI is InChI=1S/C13H19N/c1-9-3-4-10(2)13(5-9)12-6-11(7-12)8-14/h3-5,11-12H,6-8,14H2,1-2H3. The molecule has 0 unspecified atom stereocenters. The number of hydrogen-bond acceptors (Lipinski definition) is 1. The minimum Gasteiger partial charge on any atom is -0.330 e. The number of rotatable bonds is 2. The molecule has 0 aliphatic heterocycles. The van der Waals surface area contributed by atoms with Crippen LogP contribution in [0.2, 0.25) is 0 Å². The molecule has 0 radical (unpaired) electrons. The second-order valence-corrected chi connectivity index (χ2v) is 4.63. The summed E-state index contributed by atoms with van der Waals surface area (Å²) in [7, 11) is 0. The molecule has 0 heterocycles. The maximum absolute atomic E-state index is 5.64. The maximum atomic E-state index is 5.64. The summed E-state index contributed by atoms with van der Waals surface area (Å²) >= 11 is 0. The summed E-state index contributed by atoms with van der Waals surface area (Å²) in [5.41, 5.74) is 10.0. The predicted octanol–water partition coefficient (Wildman–Crippen LogP) is 2.76. The van der Waals surface area contributed by atoms with Crippen LogP contribution in [0.3, 0.4) is 0 Å². The molecule has 1 saturated carbocycles. The smallest absolute Gasteiger partial charge is 0.00484 e. The second kappa shape index (κ2) is 3.74. The van der Waals surface area contributed by atoms with Crippen LogP contribution in [0, 0.1) is 19.8 Å². The minimum atomic E-state index is 0.778. The van der Waals surface area contributed by atoms with Gasteiger partial charge in [-0.2, -0.15) is 0 Å². The van der Waals surface area contributed by atoms with Gasteiger partial charge in [0.05, 0.1) is 0 Å². The summed E-state index contributed by atoms with van der Waals surface area (Å²) in [5, 5.41) is 0. The Morgan fingerprint density at radius 1 is 1.29 bits per heavy atom. The first-order valence-corrected chi connectivity index (χ1v) is 5.48. The van der Waals surface area contributed by atoms with Gasteiger partial charge in [0.2, 0.25) is 0 Å². The van der Waals surface area contributed by atoms with Crippen LogP contribution in [0.15, 0.2) is 18.2 Å². The van der Waals surface area contributed by atoms with Crippen LogP contribution < -0.4 is 5.73 Å². The molecule has 0 aromatic heterocycles. The van der Waals surface area contributed by atoms with Crippen molar-refractivity contribution in [2.75, 3.05) is 6.54 Å². The Morgan fingerprint density at radius 2 is 2.00 bits per heavy atom. The van der Waals surface area contributed by atoms with Gasteiger partial charge in [-0.15, -0.1) is 0 Å². The zero-order chi connectivity index (χ0) is 10.1. The molecule has 0 atom stereocenters. The lowest BCUT2D eigenvalue weighted by molar-refractivity contribution is 0.271. The van der Waals surface area contributed by atoms with Gasteiger partial charge in [-0.05, 0) is 56.2 Å². The number of hydrogen-bond donors (Lipinski definition) is 1. The van der Waals surface area contributed by atoms with Gasteiger partial charge in [0.25, 0.3) is 0 Å². The molecule has 1 nitrogen and oxygen atoms in total. The Balaban J connectivity index is 2.13. The fraction of sp³-hybridized carbons (Fsp3) is 0.538. The van der Waals surface area contributed by atoms with Gasteiger partial charge in [0.1, 0.15) is 0 Å². The van der Waals surface area contributed by atoms with E-state index >= 15 is 0 Å². The molecule has 76 valence electrons. The summed E-state index contributed by atoms with van der Waals surface area (Å²) in [6, 6.07) is 6.77. The molecular weight excluding hydrogens is 170 g/mol. The van der Waals surface area contributed by atoms with Crippen molar-refractivity contribution in [3.63, 3.8) is 0 Å². The first-order chi connectivity index (χ1) is 6.70. The molecule has 2 rings (SSSR count). The van der Waals surface area contributed by atoms with E-state index in [-0.39, 0.29) is 0 Å². The van der Waals surface area contributed by atoms with Crippen molar-refractivity contribution in [2.45, 2.75) is 32.6 Å². The van der Waals surface area contributed by atoms with Gasteiger partial charge < -0.3 is 5.73 Å². The molecule has 1 fully saturated rings. The molecule has 0 amide bonds. The van der Waals surface area contributed by atoms with Crippen LogP contribution in [0.1, 0.15) is 35.4 Å². The lowest BCUT2D eigenvalue weighted by Gasteiger charge is -2.35. The fourth-order valence-corrected chi connectivity index (χ4v) is 2.38. The Kier molecular flexibility index (Phi) is 2.60. The lowest BCUT2D eigenvalue weighted by Crippen LogP contribution is -2.28. The van der Waals surface area contributed by atoms with Crippen molar-refractivity contribution < 1.29 is 0 Å². The lowest BCUT2D eigenvalue weighted by atomic mass is 9.70. The van der Waals surface area contributed by atoms with Crippen molar-refractivity contribution in [3.05, 3.63) is 34.9 Å². The van der Waals surface area contributed by atoms with Gasteiger partial charge >= 0.3 is 0 Å². The first-order valence-electron chi connectivity index (χ1n) is 5.48. The largest absolute Gasteiger partial charge is 0.330 e. The maximum Gasteiger partial charge on any atom is -0.00484 e. The first kappa shape index (κ1) is 9.72. The highest BCUT2D eigenvalue weighted by Gasteiger charge is 2.29. The third-order valence-electron chi connectivity index (χ3n) is 3.44. The van der Waals surface area contributed by atoms with Crippen LogP contribution in [-0.4, -0.2) is 6.54 Å². The van der Waals surface area contributed by atoms with E-state index in [0.717, 1.165) is 18.4 Å². The van der Waals surface area contributed by atoms with Crippen LogP contribution >= 0.6 is 0 Å². The summed E-state index contributed by atoms with van der Waals surface area (Å²) in [4.78, 5) is 0. The van der Waals surface area contributed by atoms with E-state index < -0.39 is 0 Å². The molecule has 0 spiro atoms. The van der Waals surface area contributed by atoms with Crippen molar-refractivity contribution in [3.8, 4) is 0 Å². The monoisotopic (exact) mass is 189 g/mol. The van der Waals surface area contributed by atoms with E-state index in [1.165, 1.54) is 24.0 Å². The fourth-order valence-electron chi connectivity index (χ4n) is 2.38. The zero-order valence-electron chi connectivity index (χ0n) is 9.09. The Labute approximate surface area is 86.3 Å². The van der Waals surface area contributed by atoms with Crippen molar-refractivity contribution in [1.29, 1.82) is 0 Å². The summed E-state index contributed by atoms with van der Waals surface area (Å²) in [6.45, 7) is 5.24. The van der Waals surface area contributed by atoms with E-state index in [1.54, 1.807) is 5.56 Å². The molecule has 1 aromatic carbocycles. The van der Waals surface area contributed by atoms with Crippen LogP contribution in [-0.2, 0) is 0 Å². The zero-order valence-corrected chi connectivity index (χ0v) is 9.09. The molecule has 1 aliphatic carbocycles. The van der Waals surface area contributed by atoms with E-state index in [4.69, 9.17) is 5.73 Å². The van der Waals surface area contributed by atoms with E-state index in [1.807, 2.05) is 0 Å². The molecule has 14 heavy (non-hydrogen) atoms. The number of benzene rings is 1. The number of nitrogens with two attached hydrogens (primary N) is 1. The van der Waals surface area contributed by atoms with Crippen molar-refractivity contribution in [2.24, 2.45) is 11.7 Å². The highest BCUT2D eigenvalue weighted by molar-refractivity contribution is 5.34. The van der Waals surface area contributed by atoms with Crippen LogP contribution in [0.4, 0.5) is 0 Å². The Morgan fingerprint density at radius 3 is 2.64 bits per heavy atom. The molecule has 2 N–H and O–H groups in total. The second-order valence-electron chi connectivity index (χ2n) is 4.63. The Bertz CT molecular complexity index is 324. The molecule has 1 aromatic rings. The molecule has 0 saturated heterocycles. The topological polar surface area (TPSA) is 26.0 Å². The van der Waals surface area contributed by atoms with Gasteiger partial charge in [-0.25, -0.2) is 0 Å². The average Bonchev–Trinajstić information content (AvgIpc) is 2.09. The summed E-state index contributed by atoms with van der Waals surface area (Å²) in [6.07, 6.45) is 2.58. The molecular formula is C13H19N. The average molecular weight is 189 g/mol. The highest BCUT2D eigenvalue weighted by atomic mass is 14.6. The quantitative estimate of drug-likeness (QED) is 0.760. The predicted molar refractivity (Wildman–Crippen MR) is 60.4 cm³/mol. The minimum absolute atomic E-state index is 0.778. The van der Waals surface area contributed by atoms with Gasteiger partial charge in [-0.1, -0.05) is 23.8 Å². The normalized spacial score (nSPS) is 25.9. The van der Waals surface area contributed by atoms with Gasteiger partial charge in [0, 0.05) is 0 Å².